The molecule has 6 aliphatic carbocycles. The van der Waals surface area contributed by atoms with E-state index in [1.165, 1.54) is 25.7 Å². The molecule has 0 N–H and O–H groups in total. The molecule has 5 saturated carbocycles. The highest BCUT2D eigenvalue weighted by Crippen LogP contribution is 2.92. The molecular weight excluding hydrogens is 334 g/mol. The van der Waals surface area contributed by atoms with Gasteiger partial charge in [0.05, 0.1) is 5.38 Å². The van der Waals surface area contributed by atoms with E-state index in [4.69, 9.17) is 46.4 Å². The second-order valence-electron chi connectivity index (χ2n) is 8.25. The van der Waals surface area contributed by atoms with Crippen LogP contribution in [0.15, 0.2) is 11.1 Å². The van der Waals surface area contributed by atoms with E-state index in [1.54, 1.807) is 0 Å². The zero-order chi connectivity index (χ0) is 13.7. The molecule has 6 aliphatic rings. The lowest BCUT2D eigenvalue weighted by molar-refractivity contribution is 0.182. The molecule has 0 aliphatic heterocycles. The highest BCUT2D eigenvalue weighted by Gasteiger charge is 2.90. The van der Waals surface area contributed by atoms with Gasteiger partial charge >= 0.3 is 0 Å². The molecule has 0 saturated heterocycles. The molecule has 0 aromatic rings. The summed E-state index contributed by atoms with van der Waals surface area (Å²) in [7, 11) is 0. The van der Waals surface area contributed by atoms with Gasteiger partial charge in [-0.3, -0.25) is 0 Å². The SMILES string of the molecule is ClC1=CC2C3C4C(C4(Cl)Cl)C4(CC4)C3C(C1Cl)C21CC1. The first kappa shape index (κ1) is 12.3. The summed E-state index contributed by atoms with van der Waals surface area (Å²) in [5, 5.41) is 0.941. The van der Waals surface area contributed by atoms with Crippen LogP contribution in [0.25, 0.3) is 0 Å². The molecule has 2 bridgehead atoms. The zero-order valence-electron chi connectivity index (χ0n) is 11.0. The Morgan fingerprint density at radius 3 is 2.20 bits per heavy atom. The van der Waals surface area contributed by atoms with Gasteiger partial charge in [-0.15, -0.1) is 34.8 Å². The van der Waals surface area contributed by atoms with Gasteiger partial charge in [0.2, 0.25) is 0 Å². The third-order valence-electron chi connectivity index (χ3n) is 7.92. The zero-order valence-corrected chi connectivity index (χ0v) is 14.0. The second-order valence-corrected chi connectivity index (χ2v) is 10.6. The van der Waals surface area contributed by atoms with Crippen molar-refractivity contribution in [2.75, 3.05) is 0 Å². The molecule has 7 unspecified atom stereocenters. The summed E-state index contributed by atoms with van der Waals surface area (Å²) in [6, 6.07) is 0. The van der Waals surface area contributed by atoms with Crippen molar-refractivity contribution >= 4 is 46.4 Å². The molecule has 0 heterocycles. The predicted octanol–water partition coefficient (Wildman–Crippen LogP) is 5.20. The summed E-state index contributed by atoms with van der Waals surface area (Å²) in [5.41, 5.74) is 0.892. The van der Waals surface area contributed by atoms with Gasteiger partial charge < -0.3 is 0 Å². The summed E-state index contributed by atoms with van der Waals surface area (Å²) >= 11 is 26.6. The van der Waals surface area contributed by atoms with Crippen LogP contribution in [0.2, 0.25) is 0 Å². The summed E-state index contributed by atoms with van der Waals surface area (Å²) in [6.07, 6.45) is 7.61. The van der Waals surface area contributed by atoms with Gasteiger partial charge in [-0.2, -0.15) is 0 Å². The Morgan fingerprint density at radius 2 is 1.60 bits per heavy atom. The first-order valence-corrected chi connectivity index (χ1v) is 9.41. The molecule has 5 fully saturated rings. The minimum atomic E-state index is -0.451. The van der Waals surface area contributed by atoms with Crippen LogP contribution in [0.1, 0.15) is 25.7 Å². The number of allylic oxidation sites excluding steroid dienone is 2. The van der Waals surface area contributed by atoms with Gasteiger partial charge in [-0.05, 0) is 60.2 Å². The molecule has 0 nitrogen and oxygen atoms in total. The maximum Gasteiger partial charge on any atom is 0.125 e. The highest BCUT2D eigenvalue weighted by molar-refractivity contribution is 6.51. The van der Waals surface area contributed by atoms with Gasteiger partial charge in [0.1, 0.15) is 4.33 Å². The fourth-order valence-electron chi connectivity index (χ4n) is 7.18. The monoisotopic (exact) mass is 348 g/mol. The average Bonchev–Trinajstić information content (AvgIpc) is 3.23. The smallest absolute Gasteiger partial charge is 0.117 e. The molecule has 108 valence electrons. The van der Waals surface area contributed by atoms with Gasteiger partial charge in [0, 0.05) is 16.9 Å². The fraction of sp³-hybridized carbons (Fsp3) is 0.875. The predicted molar refractivity (Wildman–Crippen MR) is 82.3 cm³/mol. The standard InChI is InChI=1S/C16H16Cl4/c17-7-5-6-8-9(11(12(7)18)14(6)1-2-14)15(3-4-15)13-10(8)16(13,19)20/h5-6,8-13H,1-4H2. The average molecular weight is 350 g/mol. The number of halogens is 4. The van der Waals surface area contributed by atoms with E-state index >= 15 is 0 Å². The summed E-state index contributed by atoms with van der Waals surface area (Å²) < 4.78 is -0.451. The molecule has 0 radical (unpaired) electrons. The number of hydrogen-bond donors (Lipinski definition) is 0. The maximum absolute atomic E-state index is 6.77. The molecule has 20 heavy (non-hydrogen) atoms. The van der Waals surface area contributed by atoms with Crippen molar-refractivity contribution in [3.05, 3.63) is 11.1 Å². The normalized spacial score (nSPS) is 60.2. The lowest BCUT2D eigenvalue weighted by Gasteiger charge is -2.36. The molecule has 0 aromatic carbocycles. The van der Waals surface area contributed by atoms with E-state index < -0.39 is 4.33 Å². The molecule has 6 rings (SSSR count). The van der Waals surface area contributed by atoms with E-state index in [0.717, 1.165) is 11.0 Å². The van der Waals surface area contributed by atoms with Crippen molar-refractivity contribution in [2.24, 2.45) is 46.3 Å². The molecular formula is C16H16Cl4. The van der Waals surface area contributed by atoms with Crippen molar-refractivity contribution in [3.8, 4) is 0 Å². The van der Waals surface area contributed by atoms with Crippen molar-refractivity contribution in [3.63, 3.8) is 0 Å². The third-order valence-corrected chi connectivity index (χ3v) is 9.88. The lowest BCUT2D eigenvalue weighted by atomic mass is 9.72. The van der Waals surface area contributed by atoms with Gasteiger partial charge in [-0.1, -0.05) is 17.7 Å². The molecule has 4 heteroatoms. The molecule has 0 aromatic heterocycles. The van der Waals surface area contributed by atoms with E-state index in [2.05, 4.69) is 6.08 Å². The third kappa shape index (κ3) is 1.02. The number of fused-ring (bicyclic) bond motifs is 7. The number of hydrogen-bond acceptors (Lipinski definition) is 0. The van der Waals surface area contributed by atoms with Crippen LogP contribution in [0, 0.1) is 46.3 Å². The van der Waals surface area contributed by atoms with E-state index in [0.29, 0.717) is 40.4 Å². The Bertz CT molecular complexity index is 571. The largest absolute Gasteiger partial charge is 0.125 e. The fourth-order valence-corrected chi connectivity index (χ4v) is 9.05. The summed E-state index contributed by atoms with van der Waals surface area (Å²) in [4.78, 5) is 0. The second kappa shape index (κ2) is 3.10. The topological polar surface area (TPSA) is 0 Å². The van der Waals surface area contributed by atoms with Crippen molar-refractivity contribution in [1.29, 1.82) is 0 Å². The van der Waals surface area contributed by atoms with Crippen molar-refractivity contribution in [1.82, 2.24) is 0 Å². The highest BCUT2D eigenvalue weighted by atomic mass is 35.5. The first-order chi connectivity index (χ1) is 9.45. The Kier molecular flexibility index (Phi) is 1.91. The minimum absolute atomic E-state index is 0.0421. The van der Waals surface area contributed by atoms with Crippen LogP contribution in [0.5, 0.6) is 0 Å². The van der Waals surface area contributed by atoms with Gasteiger partial charge in [0.25, 0.3) is 0 Å². The van der Waals surface area contributed by atoms with Crippen molar-refractivity contribution in [2.45, 2.75) is 35.4 Å². The Morgan fingerprint density at radius 1 is 0.950 bits per heavy atom. The van der Waals surface area contributed by atoms with Crippen molar-refractivity contribution < 1.29 is 0 Å². The Hall–Kier alpha value is 0.900. The van der Waals surface area contributed by atoms with Gasteiger partial charge in [0.15, 0.2) is 0 Å². The van der Waals surface area contributed by atoms with E-state index in [9.17, 15) is 0 Å². The van der Waals surface area contributed by atoms with Crippen LogP contribution in [0.3, 0.4) is 0 Å². The van der Waals surface area contributed by atoms with E-state index in [-0.39, 0.29) is 5.38 Å². The van der Waals surface area contributed by atoms with Crippen LogP contribution in [-0.2, 0) is 0 Å². The van der Waals surface area contributed by atoms with E-state index in [1.807, 2.05) is 0 Å². The quantitative estimate of drug-likeness (QED) is 0.527. The minimum Gasteiger partial charge on any atom is -0.117 e. The van der Waals surface area contributed by atoms with Crippen LogP contribution in [0.4, 0.5) is 0 Å². The molecule has 7 atom stereocenters. The van der Waals surface area contributed by atoms with Gasteiger partial charge in [-0.25, -0.2) is 0 Å². The lowest BCUT2D eigenvalue weighted by Crippen LogP contribution is -2.35. The number of rotatable bonds is 0. The van der Waals surface area contributed by atoms with Crippen LogP contribution >= 0.6 is 46.4 Å². The summed E-state index contributed by atoms with van der Waals surface area (Å²) in [5.74, 6) is 3.65. The Balaban J connectivity index is 1.56. The van der Waals surface area contributed by atoms with Crippen LogP contribution in [-0.4, -0.2) is 9.71 Å². The Labute approximate surface area is 139 Å². The molecule has 2 spiro atoms. The first-order valence-electron chi connectivity index (χ1n) is 7.84. The maximum atomic E-state index is 6.77. The summed E-state index contributed by atoms with van der Waals surface area (Å²) in [6.45, 7) is 0. The number of alkyl halides is 3. The molecule has 0 amide bonds. The van der Waals surface area contributed by atoms with Crippen LogP contribution < -0.4 is 0 Å².